The lowest BCUT2D eigenvalue weighted by Crippen LogP contribution is -2.11. The minimum Gasteiger partial charge on any atom is -0.364 e. The quantitative estimate of drug-likeness (QED) is 0.598. The average Bonchev–Trinajstić information content (AvgIpc) is 2.83. The van der Waals surface area contributed by atoms with Crippen LogP contribution in [0.25, 0.3) is 0 Å². The lowest BCUT2D eigenvalue weighted by atomic mass is 10.3. The molecule has 0 saturated carbocycles. The van der Waals surface area contributed by atoms with Crippen LogP contribution in [-0.2, 0) is 6.42 Å². The number of rotatable bonds is 6. The molecular weight excluding hydrogens is 358 g/mol. The second kappa shape index (κ2) is 6.81. The average molecular weight is 372 g/mol. The normalized spacial score (nSPS) is 10.4. The summed E-state index contributed by atoms with van der Waals surface area (Å²) in [5.41, 5.74) is 0.252. The molecule has 21 heavy (non-hydrogen) atoms. The van der Waals surface area contributed by atoms with Gasteiger partial charge in [0.2, 0.25) is 11.8 Å². The van der Waals surface area contributed by atoms with E-state index in [0.29, 0.717) is 18.2 Å². The molecular formula is C12H14BrN5O2S. The summed E-state index contributed by atoms with van der Waals surface area (Å²) < 4.78 is 1.07. The maximum atomic E-state index is 11.1. The molecule has 9 heteroatoms. The van der Waals surface area contributed by atoms with Crippen molar-refractivity contribution in [2.75, 3.05) is 24.2 Å². The van der Waals surface area contributed by atoms with Crippen LogP contribution in [0.4, 0.5) is 17.5 Å². The Hall–Kier alpha value is -1.74. The van der Waals surface area contributed by atoms with Crippen LogP contribution in [0.1, 0.15) is 10.6 Å². The Morgan fingerprint density at radius 1 is 1.43 bits per heavy atom. The van der Waals surface area contributed by atoms with Crippen LogP contribution >= 0.6 is 27.3 Å². The molecule has 0 amide bonds. The third-order valence-electron chi connectivity index (χ3n) is 2.76. The maximum Gasteiger partial charge on any atom is 0.332 e. The van der Waals surface area contributed by atoms with Crippen molar-refractivity contribution in [1.82, 2.24) is 9.97 Å². The van der Waals surface area contributed by atoms with E-state index in [1.54, 1.807) is 25.3 Å². The first-order valence-electron chi connectivity index (χ1n) is 6.20. The SMILES string of the molecule is CNc1nc(C)c([N+](=O)[O-])c(NCCc2ccc(Br)s2)n1. The molecule has 0 atom stereocenters. The van der Waals surface area contributed by atoms with Gasteiger partial charge in [0.15, 0.2) is 0 Å². The van der Waals surface area contributed by atoms with E-state index in [9.17, 15) is 10.1 Å². The summed E-state index contributed by atoms with van der Waals surface area (Å²) >= 11 is 5.05. The van der Waals surface area contributed by atoms with E-state index < -0.39 is 4.92 Å². The highest BCUT2D eigenvalue weighted by molar-refractivity contribution is 9.11. The molecule has 2 rings (SSSR count). The van der Waals surface area contributed by atoms with Crippen LogP contribution in [0.3, 0.4) is 0 Å². The molecule has 0 aromatic carbocycles. The third kappa shape index (κ3) is 3.88. The van der Waals surface area contributed by atoms with Crippen molar-refractivity contribution >= 4 is 44.7 Å². The molecule has 0 bridgehead atoms. The summed E-state index contributed by atoms with van der Waals surface area (Å²) in [6, 6.07) is 4.01. The summed E-state index contributed by atoms with van der Waals surface area (Å²) in [6.07, 6.45) is 0.769. The molecule has 0 unspecified atom stereocenters. The third-order valence-corrected chi connectivity index (χ3v) is 4.44. The number of nitro groups is 1. The minimum absolute atomic E-state index is 0.0821. The number of aromatic nitrogens is 2. The van der Waals surface area contributed by atoms with Crippen LogP contribution in [0.15, 0.2) is 15.9 Å². The van der Waals surface area contributed by atoms with E-state index in [0.717, 1.165) is 10.2 Å². The maximum absolute atomic E-state index is 11.1. The predicted octanol–water partition coefficient (Wildman–Crippen LogP) is 3.21. The van der Waals surface area contributed by atoms with Crippen LogP contribution < -0.4 is 10.6 Å². The van der Waals surface area contributed by atoms with Crippen LogP contribution in [0.2, 0.25) is 0 Å². The summed E-state index contributed by atoms with van der Waals surface area (Å²) in [5.74, 6) is 0.604. The fourth-order valence-electron chi connectivity index (χ4n) is 1.81. The van der Waals surface area contributed by atoms with Crippen molar-refractivity contribution < 1.29 is 4.92 Å². The largest absolute Gasteiger partial charge is 0.364 e. The van der Waals surface area contributed by atoms with Gasteiger partial charge in [-0.15, -0.1) is 11.3 Å². The molecule has 0 fully saturated rings. The van der Waals surface area contributed by atoms with E-state index >= 15 is 0 Å². The van der Waals surface area contributed by atoms with Crippen molar-refractivity contribution in [3.8, 4) is 0 Å². The van der Waals surface area contributed by atoms with E-state index in [1.165, 1.54) is 4.88 Å². The fourth-order valence-corrected chi connectivity index (χ4v) is 3.29. The smallest absolute Gasteiger partial charge is 0.332 e. The molecule has 2 N–H and O–H groups in total. The Kier molecular flexibility index (Phi) is 5.07. The first-order chi connectivity index (χ1) is 10.0. The molecule has 2 aromatic heterocycles. The Labute approximate surface area is 134 Å². The number of thiophene rings is 1. The van der Waals surface area contributed by atoms with Crippen LogP contribution in [-0.4, -0.2) is 28.5 Å². The van der Waals surface area contributed by atoms with Crippen molar-refractivity contribution in [2.45, 2.75) is 13.3 Å². The van der Waals surface area contributed by atoms with Gasteiger partial charge in [0, 0.05) is 18.5 Å². The molecule has 0 aliphatic rings. The van der Waals surface area contributed by atoms with Crippen molar-refractivity contribution in [3.05, 3.63) is 36.6 Å². The summed E-state index contributed by atoms with van der Waals surface area (Å²) in [5, 5.41) is 17.0. The lowest BCUT2D eigenvalue weighted by molar-refractivity contribution is -0.385. The predicted molar refractivity (Wildman–Crippen MR) is 87.2 cm³/mol. The Morgan fingerprint density at radius 2 is 2.19 bits per heavy atom. The molecule has 2 heterocycles. The minimum atomic E-state index is -0.459. The number of halogens is 1. The van der Waals surface area contributed by atoms with Gasteiger partial charge in [0.1, 0.15) is 5.69 Å². The molecule has 0 aliphatic heterocycles. The zero-order valence-electron chi connectivity index (χ0n) is 11.5. The zero-order valence-corrected chi connectivity index (χ0v) is 13.9. The van der Waals surface area contributed by atoms with E-state index in [2.05, 4.69) is 36.5 Å². The van der Waals surface area contributed by atoms with Gasteiger partial charge in [-0.3, -0.25) is 10.1 Å². The molecule has 0 radical (unpaired) electrons. The molecule has 7 nitrogen and oxygen atoms in total. The molecule has 112 valence electrons. The number of nitrogens with zero attached hydrogens (tertiary/aromatic N) is 3. The van der Waals surface area contributed by atoms with Gasteiger partial charge < -0.3 is 10.6 Å². The van der Waals surface area contributed by atoms with E-state index in [4.69, 9.17) is 0 Å². The molecule has 0 aliphatic carbocycles. The Balaban J connectivity index is 2.14. The fraction of sp³-hybridized carbons (Fsp3) is 0.333. The number of aryl methyl sites for hydroxylation is 1. The van der Waals surface area contributed by atoms with E-state index in [1.807, 2.05) is 12.1 Å². The second-order valence-corrected chi connectivity index (χ2v) is 6.77. The van der Waals surface area contributed by atoms with Crippen LogP contribution in [0, 0.1) is 17.0 Å². The van der Waals surface area contributed by atoms with Crippen LogP contribution in [0.5, 0.6) is 0 Å². The van der Waals surface area contributed by atoms with E-state index in [-0.39, 0.29) is 11.5 Å². The van der Waals surface area contributed by atoms with Gasteiger partial charge in [0.05, 0.1) is 8.71 Å². The van der Waals surface area contributed by atoms with Crippen molar-refractivity contribution in [1.29, 1.82) is 0 Å². The Bertz CT molecular complexity index is 661. The number of anilines is 2. The Morgan fingerprint density at radius 3 is 2.76 bits per heavy atom. The second-order valence-electron chi connectivity index (χ2n) is 4.22. The van der Waals surface area contributed by atoms with Gasteiger partial charge in [-0.2, -0.15) is 4.98 Å². The topological polar surface area (TPSA) is 93.0 Å². The van der Waals surface area contributed by atoms with Gasteiger partial charge in [-0.05, 0) is 41.4 Å². The first-order valence-corrected chi connectivity index (χ1v) is 7.81. The summed E-state index contributed by atoms with van der Waals surface area (Å²) in [6.45, 7) is 2.16. The number of hydrogen-bond donors (Lipinski definition) is 2. The monoisotopic (exact) mass is 371 g/mol. The van der Waals surface area contributed by atoms with Gasteiger partial charge in [0.25, 0.3) is 0 Å². The molecule has 0 spiro atoms. The van der Waals surface area contributed by atoms with Gasteiger partial charge in [-0.1, -0.05) is 0 Å². The molecule has 0 saturated heterocycles. The van der Waals surface area contributed by atoms with Crippen molar-refractivity contribution in [2.24, 2.45) is 0 Å². The summed E-state index contributed by atoms with van der Waals surface area (Å²) in [7, 11) is 1.67. The zero-order chi connectivity index (χ0) is 15.4. The first kappa shape index (κ1) is 15.6. The highest BCUT2D eigenvalue weighted by Gasteiger charge is 2.21. The van der Waals surface area contributed by atoms with Gasteiger partial charge >= 0.3 is 5.69 Å². The lowest BCUT2D eigenvalue weighted by Gasteiger charge is -2.08. The number of nitrogens with one attached hydrogen (secondary N) is 2. The molecule has 2 aromatic rings. The standard InChI is InChI=1S/C12H14BrN5O2S/c1-7-10(18(19)20)11(17-12(14-2)16-7)15-6-5-8-3-4-9(13)21-8/h3-4H,5-6H2,1-2H3,(H2,14,15,16,17). The number of hydrogen-bond acceptors (Lipinski definition) is 7. The van der Waals surface area contributed by atoms with Crippen molar-refractivity contribution in [3.63, 3.8) is 0 Å². The highest BCUT2D eigenvalue weighted by atomic mass is 79.9. The summed E-state index contributed by atoms with van der Waals surface area (Å²) in [4.78, 5) is 20.0. The van der Waals surface area contributed by atoms with Gasteiger partial charge in [-0.25, -0.2) is 4.98 Å². The highest BCUT2D eigenvalue weighted by Crippen LogP contribution is 2.27.